The Morgan fingerprint density at radius 2 is 1.54 bits per heavy atom. The van der Waals surface area contributed by atoms with Crippen molar-refractivity contribution in [2.45, 2.75) is 57.0 Å². The van der Waals surface area contributed by atoms with Gasteiger partial charge in [0.05, 0.1) is 0 Å². The summed E-state index contributed by atoms with van der Waals surface area (Å²) in [6.45, 7) is 0. The van der Waals surface area contributed by atoms with Crippen LogP contribution in [-0.2, 0) is 0 Å². The van der Waals surface area contributed by atoms with Crippen LogP contribution in [0.5, 0.6) is 0 Å². The first kappa shape index (κ1) is 9.09. The number of hydrogen-bond donors (Lipinski definition) is 1. The Labute approximate surface area is 80.5 Å². The highest BCUT2D eigenvalue weighted by atomic mass is 16.3. The third-order valence-corrected chi connectivity index (χ3v) is 4.12. The zero-order chi connectivity index (χ0) is 9.36. The van der Waals surface area contributed by atoms with Crippen molar-refractivity contribution >= 4 is 0 Å². The lowest BCUT2D eigenvalue weighted by atomic mass is 9.65. The normalized spacial score (nSPS) is 37.5. The predicted octanol–water partition coefficient (Wildman–Crippen LogP) is 2.49. The minimum absolute atomic E-state index is 0.0972. The maximum Gasteiger partial charge on any atom is 0.130 e. The molecule has 1 atom stereocenters. The first-order valence-corrected chi connectivity index (χ1v) is 5.43. The lowest BCUT2D eigenvalue weighted by Gasteiger charge is -2.42. The quantitative estimate of drug-likeness (QED) is 0.565. The van der Waals surface area contributed by atoms with E-state index < -0.39 is 5.60 Å². The van der Waals surface area contributed by atoms with Crippen molar-refractivity contribution in [2.75, 3.05) is 0 Å². The van der Waals surface area contributed by atoms with Crippen LogP contribution in [0.2, 0.25) is 0 Å². The fraction of sp³-hybridized carbons (Fsp3) is 0.833. The Kier molecular flexibility index (Phi) is 2.12. The molecule has 0 aliphatic heterocycles. The van der Waals surface area contributed by atoms with Gasteiger partial charge in [-0.05, 0) is 32.1 Å². The SMILES string of the molecule is C#CC1(O)CCCC12CCCCC2. The fourth-order valence-corrected chi connectivity index (χ4v) is 3.27. The molecule has 0 heterocycles. The molecule has 2 fully saturated rings. The van der Waals surface area contributed by atoms with E-state index in [-0.39, 0.29) is 5.41 Å². The Morgan fingerprint density at radius 3 is 2.15 bits per heavy atom. The second-order valence-corrected chi connectivity index (χ2v) is 4.70. The average molecular weight is 178 g/mol. The lowest BCUT2D eigenvalue weighted by Crippen LogP contribution is -2.43. The number of aliphatic hydroxyl groups is 1. The van der Waals surface area contributed by atoms with Crippen molar-refractivity contribution in [3.05, 3.63) is 0 Å². The molecule has 1 heteroatoms. The summed E-state index contributed by atoms with van der Waals surface area (Å²) in [6.07, 6.45) is 14.7. The van der Waals surface area contributed by atoms with Crippen LogP contribution in [0, 0.1) is 17.8 Å². The monoisotopic (exact) mass is 178 g/mol. The van der Waals surface area contributed by atoms with Gasteiger partial charge in [0.15, 0.2) is 0 Å². The highest BCUT2D eigenvalue weighted by Crippen LogP contribution is 2.54. The fourth-order valence-electron chi connectivity index (χ4n) is 3.27. The van der Waals surface area contributed by atoms with Crippen LogP contribution in [0.3, 0.4) is 0 Å². The zero-order valence-electron chi connectivity index (χ0n) is 8.18. The highest BCUT2D eigenvalue weighted by molar-refractivity contribution is 5.19. The summed E-state index contributed by atoms with van der Waals surface area (Å²) in [6, 6.07) is 0. The third kappa shape index (κ3) is 1.20. The van der Waals surface area contributed by atoms with Crippen LogP contribution in [-0.4, -0.2) is 10.7 Å². The van der Waals surface area contributed by atoms with Crippen LogP contribution in [0.1, 0.15) is 51.4 Å². The minimum atomic E-state index is -0.770. The maximum absolute atomic E-state index is 10.3. The first-order chi connectivity index (χ1) is 6.22. The van der Waals surface area contributed by atoms with Gasteiger partial charge < -0.3 is 5.11 Å². The Bertz CT molecular complexity index is 232. The van der Waals surface area contributed by atoms with Gasteiger partial charge in [-0.25, -0.2) is 0 Å². The van der Waals surface area contributed by atoms with Crippen LogP contribution in [0.25, 0.3) is 0 Å². The van der Waals surface area contributed by atoms with E-state index in [1.165, 1.54) is 19.3 Å². The molecule has 2 aliphatic rings. The van der Waals surface area contributed by atoms with E-state index in [1.54, 1.807) is 0 Å². The summed E-state index contributed by atoms with van der Waals surface area (Å²) >= 11 is 0. The van der Waals surface area contributed by atoms with E-state index in [4.69, 9.17) is 6.42 Å². The number of hydrogen-bond acceptors (Lipinski definition) is 1. The average Bonchev–Trinajstić information content (AvgIpc) is 2.47. The molecule has 0 bridgehead atoms. The summed E-state index contributed by atoms with van der Waals surface area (Å²) in [4.78, 5) is 0. The summed E-state index contributed by atoms with van der Waals surface area (Å²) in [7, 11) is 0. The Hall–Kier alpha value is -0.480. The molecule has 1 spiro atoms. The van der Waals surface area contributed by atoms with Crippen LogP contribution in [0.15, 0.2) is 0 Å². The van der Waals surface area contributed by atoms with Crippen LogP contribution < -0.4 is 0 Å². The van der Waals surface area contributed by atoms with Crippen molar-refractivity contribution in [2.24, 2.45) is 5.41 Å². The maximum atomic E-state index is 10.3. The second kappa shape index (κ2) is 3.03. The van der Waals surface area contributed by atoms with Gasteiger partial charge in [0.2, 0.25) is 0 Å². The molecular weight excluding hydrogens is 160 g/mol. The van der Waals surface area contributed by atoms with Gasteiger partial charge in [0.25, 0.3) is 0 Å². The van der Waals surface area contributed by atoms with Crippen molar-refractivity contribution in [3.63, 3.8) is 0 Å². The third-order valence-electron chi connectivity index (χ3n) is 4.12. The molecule has 0 aromatic rings. The number of rotatable bonds is 0. The van der Waals surface area contributed by atoms with Gasteiger partial charge in [0.1, 0.15) is 5.60 Å². The number of terminal acetylenes is 1. The largest absolute Gasteiger partial charge is 0.377 e. The highest BCUT2D eigenvalue weighted by Gasteiger charge is 2.52. The van der Waals surface area contributed by atoms with E-state index in [0.29, 0.717) is 0 Å². The summed E-state index contributed by atoms with van der Waals surface area (Å²) in [5, 5.41) is 10.3. The molecule has 1 N–H and O–H groups in total. The predicted molar refractivity (Wildman–Crippen MR) is 53.2 cm³/mol. The molecule has 0 saturated heterocycles. The second-order valence-electron chi connectivity index (χ2n) is 4.70. The van der Waals surface area contributed by atoms with Gasteiger partial charge in [-0.1, -0.05) is 25.2 Å². The minimum Gasteiger partial charge on any atom is -0.377 e. The van der Waals surface area contributed by atoms with Gasteiger partial charge in [-0.2, -0.15) is 0 Å². The Morgan fingerprint density at radius 1 is 0.923 bits per heavy atom. The summed E-state index contributed by atoms with van der Waals surface area (Å²) in [5.41, 5.74) is -0.673. The molecule has 72 valence electrons. The van der Waals surface area contributed by atoms with Gasteiger partial charge in [-0.15, -0.1) is 6.42 Å². The zero-order valence-corrected chi connectivity index (χ0v) is 8.18. The van der Waals surface area contributed by atoms with Crippen LogP contribution >= 0.6 is 0 Å². The molecule has 0 aromatic carbocycles. The molecule has 2 saturated carbocycles. The standard InChI is InChI=1S/C12H18O/c1-2-12(13)10-6-9-11(12)7-4-3-5-8-11/h1,13H,3-10H2. The van der Waals surface area contributed by atoms with Crippen LogP contribution in [0.4, 0.5) is 0 Å². The van der Waals surface area contributed by atoms with Crippen molar-refractivity contribution in [1.29, 1.82) is 0 Å². The van der Waals surface area contributed by atoms with Crippen molar-refractivity contribution in [3.8, 4) is 12.3 Å². The van der Waals surface area contributed by atoms with E-state index >= 15 is 0 Å². The van der Waals surface area contributed by atoms with E-state index in [9.17, 15) is 5.11 Å². The van der Waals surface area contributed by atoms with Gasteiger partial charge in [0, 0.05) is 5.41 Å². The molecule has 2 aliphatic carbocycles. The lowest BCUT2D eigenvalue weighted by molar-refractivity contribution is -0.0337. The van der Waals surface area contributed by atoms with Gasteiger partial charge >= 0.3 is 0 Å². The summed E-state index contributed by atoms with van der Waals surface area (Å²) < 4.78 is 0. The first-order valence-electron chi connectivity index (χ1n) is 5.43. The molecule has 0 radical (unpaired) electrons. The Balaban J connectivity index is 2.25. The van der Waals surface area contributed by atoms with Crippen molar-refractivity contribution in [1.82, 2.24) is 0 Å². The van der Waals surface area contributed by atoms with Gasteiger partial charge in [-0.3, -0.25) is 0 Å². The molecule has 1 unspecified atom stereocenters. The molecule has 0 amide bonds. The molecule has 13 heavy (non-hydrogen) atoms. The molecule has 1 nitrogen and oxygen atoms in total. The molecule has 2 rings (SSSR count). The smallest absolute Gasteiger partial charge is 0.130 e. The molecular formula is C12H18O. The topological polar surface area (TPSA) is 20.2 Å². The molecule has 0 aromatic heterocycles. The summed E-state index contributed by atoms with van der Waals surface area (Å²) in [5.74, 6) is 2.66. The van der Waals surface area contributed by atoms with E-state index in [0.717, 1.165) is 32.1 Å². The van der Waals surface area contributed by atoms with E-state index in [1.807, 2.05) is 0 Å². The van der Waals surface area contributed by atoms with Crippen molar-refractivity contribution < 1.29 is 5.11 Å². The van der Waals surface area contributed by atoms with E-state index in [2.05, 4.69) is 5.92 Å².